The van der Waals surface area contributed by atoms with Gasteiger partial charge in [-0.15, -0.1) is 0 Å². The third kappa shape index (κ3) is 6.17. The summed E-state index contributed by atoms with van der Waals surface area (Å²) in [6.45, 7) is 9.36. The minimum atomic E-state index is 0.594. The Morgan fingerprint density at radius 2 is 2.12 bits per heavy atom. The number of hydrogen-bond donors (Lipinski definition) is 1. The second-order valence-corrected chi connectivity index (χ2v) is 4.36. The van der Waals surface area contributed by atoms with E-state index >= 15 is 0 Å². The minimum absolute atomic E-state index is 0.594. The molecule has 0 aliphatic rings. The second-order valence-electron chi connectivity index (χ2n) is 4.36. The SMILES string of the molecule is CCOc1cccc(NCCOCC(C)C)c1. The van der Waals surface area contributed by atoms with Crippen molar-refractivity contribution in [1.82, 2.24) is 0 Å². The number of rotatable bonds is 8. The van der Waals surface area contributed by atoms with Crippen LogP contribution in [0, 0.1) is 5.92 Å². The molecule has 0 aromatic heterocycles. The Labute approximate surface area is 104 Å². The maximum Gasteiger partial charge on any atom is 0.121 e. The molecule has 0 spiro atoms. The van der Waals surface area contributed by atoms with Gasteiger partial charge in [0.25, 0.3) is 0 Å². The van der Waals surface area contributed by atoms with Crippen molar-refractivity contribution in [3.05, 3.63) is 24.3 Å². The Morgan fingerprint density at radius 1 is 1.29 bits per heavy atom. The zero-order chi connectivity index (χ0) is 12.5. The van der Waals surface area contributed by atoms with E-state index in [2.05, 4.69) is 19.2 Å². The molecule has 0 unspecified atom stereocenters. The van der Waals surface area contributed by atoms with Crippen molar-refractivity contribution in [2.45, 2.75) is 20.8 Å². The summed E-state index contributed by atoms with van der Waals surface area (Å²) in [5, 5.41) is 3.31. The molecule has 0 bridgehead atoms. The van der Waals surface area contributed by atoms with E-state index < -0.39 is 0 Å². The standard InChI is InChI=1S/C14H23NO2/c1-4-17-14-7-5-6-13(10-14)15-8-9-16-11-12(2)3/h5-7,10,12,15H,4,8-9,11H2,1-3H3. The normalized spacial score (nSPS) is 10.6. The van der Waals surface area contributed by atoms with Gasteiger partial charge in [-0.25, -0.2) is 0 Å². The van der Waals surface area contributed by atoms with E-state index in [9.17, 15) is 0 Å². The topological polar surface area (TPSA) is 30.5 Å². The van der Waals surface area contributed by atoms with Crippen molar-refractivity contribution in [3.63, 3.8) is 0 Å². The van der Waals surface area contributed by atoms with Crippen LogP contribution in [0.5, 0.6) is 5.75 Å². The smallest absolute Gasteiger partial charge is 0.121 e. The second kappa shape index (κ2) is 7.96. The van der Waals surface area contributed by atoms with Crippen LogP contribution in [0.25, 0.3) is 0 Å². The molecule has 0 aliphatic carbocycles. The van der Waals surface area contributed by atoms with Crippen LogP contribution in [0.4, 0.5) is 5.69 Å². The lowest BCUT2D eigenvalue weighted by atomic mass is 10.2. The molecule has 0 saturated carbocycles. The molecule has 17 heavy (non-hydrogen) atoms. The summed E-state index contributed by atoms with van der Waals surface area (Å²) in [6.07, 6.45) is 0. The highest BCUT2D eigenvalue weighted by atomic mass is 16.5. The quantitative estimate of drug-likeness (QED) is 0.704. The van der Waals surface area contributed by atoms with Crippen LogP contribution < -0.4 is 10.1 Å². The van der Waals surface area contributed by atoms with Crippen LogP contribution in [0.3, 0.4) is 0 Å². The molecule has 0 atom stereocenters. The van der Waals surface area contributed by atoms with Gasteiger partial charge in [-0.3, -0.25) is 0 Å². The molecular weight excluding hydrogens is 214 g/mol. The molecule has 3 nitrogen and oxygen atoms in total. The predicted molar refractivity (Wildman–Crippen MR) is 71.8 cm³/mol. The maximum atomic E-state index is 5.50. The molecule has 0 fully saturated rings. The molecule has 0 radical (unpaired) electrons. The van der Waals surface area contributed by atoms with E-state index in [1.54, 1.807) is 0 Å². The summed E-state index contributed by atoms with van der Waals surface area (Å²) in [4.78, 5) is 0. The fourth-order valence-corrected chi connectivity index (χ4v) is 1.45. The summed E-state index contributed by atoms with van der Waals surface area (Å²) in [5.41, 5.74) is 1.07. The number of nitrogens with one attached hydrogen (secondary N) is 1. The molecule has 0 heterocycles. The summed E-state index contributed by atoms with van der Waals surface area (Å²) in [7, 11) is 0. The molecule has 96 valence electrons. The Kier molecular flexibility index (Phi) is 6.48. The van der Waals surface area contributed by atoms with Crippen LogP contribution in [0.15, 0.2) is 24.3 Å². The van der Waals surface area contributed by atoms with Gasteiger partial charge in [0, 0.05) is 24.9 Å². The van der Waals surface area contributed by atoms with Gasteiger partial charge in [-0.2, -0.15) is 0 Å². The van der Waals surface area contributed by atoms with E-state index in [1.165, 1.54) is 0 Å². The van der Waals surface area contributed by atoms with Crippen molar-refractivity contribution >= 4 is 5.69 Å². The molecule has 1 N–H and O–H groups in total. The lowest BCUT2D eigenvalue weighted by molar-refractivity contribution is 0.118. The van der Waals surface area contributed by atoms with E-state index in [-0.39, 0.29) is 0 Å². The average Bonchev–Trinajstić information content (AvgIpc) is 2.29. The molecule has 1 aromatic carbocycles. The van der Waals surface area contributed by atoms with Crippen molar-refractivity contribution in [2.75, 3.05) is 31.7 Å². The molecular formula is C14H23NO2. The van der Waals surface area contributed by atoms with Crippen molar-refractivity contribution in [2.24, 2.45) is 5.92 Å². The van der Waals surface area contributed by atoms with E-state index in [0.717, 1.165) is 31.2 Å². The van der Waals surface area contributed by atoms with Gasteiger partial charge in [0.05, 0.1) is 13.2 Å². The van der Waals surface area contributed by atoms with E-state index in [0.29, 0.717) is 12.5 Å². The highest BCUT2D eigenvalue weighted by Gasteiger charge is 1.96. The van der Waals surface area contributed by atoms with E-state index in [4.69, 9.17) is 9.47 Å². The van der Waals surface area contributed by atoms with Crippen LogP contribution >= 0.6 is 0 Å². The van der Waals surface area contributed by atoms with Gasteiger partial charge in [-0.05, 0) is 25.0 Å². The predicted octanol–water partition coefficient (Wildman–Crippen LogP) is 3.17. The molecule has 3 heteroatoms. The first-order valence-corrected chi connectivity index (χ1v) is 6.27. The maximum absolute atomic E-state index is 5.50. The Balaban J connectivity index is 2.24. The molecule has 1 aromatic rings. The number of ether oxygens (including phenoxy) is 2. The largest absolute Gasteiger partial charge is 0.494 e. The lowest BCUT2D eigenvalue weighted by Gasteiger charge is -2.10. The van der Waals surface area contributed by atoms with Crippen LogP contribution in [-0.4, -0.2) is 26.4 Å². The van der Waals surface area contributed by atoms with Crippen molar-refractivity contribution < 1.29 is 9.47 Å². The first kappa shape index (κ1) is 13.8. The zero-order valence-electron chi connectivity index (χ0n) is 11.0. The Morgan fingerprint density at radius 3 is 2.82 bits per heavy atom. The summed E-state index contributed by atoms with van der Waals surface area (Å²) in [6, 6.07) is 7.99. The lowest BCUT2D eigenvalue weighted by Crippen LogP contribution is -2.12. The number of anilines is 1. The Hall–Kier alpha value is -1.22. The number of benzene rings is 1. The van der Waals surface area contributed by atoms with Crippen molar-refractivity contribution in [1.29, 1.82) is 0 Å². The Bertz CT molecular complexity index is 313. The van der Waals surface area contributed by atoms with Crippen LogP contribution in [0.1, 0.15) is 20.8 Å². The van der Waals surface area contributed by atoms with E-state index in [1.807, 2.05) is 31.2 Å². The summed E-state index contributed by atoms with van der Waals surface area (Å²) < 4.78 is 10.9. The highest BCUT2D eigenvalue weighted by molar-refractivity contribution is 5.48. The molecule has 0 aliphatic heterocycles. The van der Waals surface area contributed by atoms with Crippen molar-refractivity contribution in [3.8, 4) is 5.75 Å². The summed E-state index contributed by atoms with van der Waals surface area (Å²) >= 11 is 0. The average molecular weight is 237 g/mol. The fourth-order valence-electron chi connectivity index (χ4n) is 1.45. The van der Waals surface area contributed by atoms with Gasteiger partial charge >= 0.3 is 0 Å². The highest BCUT2D eigenvalue weighted by Crippen LogP contribution is 2.16. The third-order valence-electron chi connectivity index (χ3n) is 2.17. The molecule has 0 amide bonds. The van der Waals surface area contributed by atoms with Gasteiger partial charge < -0.3 is 14.8 Å². The zero-order valence-corrected chi connectivity index (χ0v) is 11.0. The number of hydrogen-bond acceptors (Lipinski definition) is 3. The molecule has 1 rings (SSSR count). The van der Waals surface area contributed by atoms with Gasteiger partial charge in [-0.1, -0.05) is 19.9 Å². The van der Waals surface area contributed by atoms with Gasteiger partial charge in [0.15, 0.2) is 0 Å². The first-order valence-electron chi connectivity index (χ1n) is 6.27. The monoisotopic (exact) mass is 237 g/mol. The first-order chi connectivity index (χ1) is 8.22. The third-order valence-corrected chi connectivity index (χ3v) is 2.17. The van der Waals surface area contributed by atoms with Gasteiger partial charge in [0.2, 0.25) is 0 Å². The minimum Gasteiger partial charge on any atom is -0.494 e. The summed E-state index contributed by atoms with van der Waals surface area (Å²) in [5.74, 6) is 1.50. The fraction of sp³-hybridized carbons (Fsp3) is 0.571. The van der Waals surface area contributed by atoms with Crippen LogP contribution in [-0.2, 0) is 4.74 Å². The van der Waals surface area contributed by atoms with Crippen LogP contribution in [0.2, 0.25) is 0 Å². The molecule has 0 saturated heterocycles. The van der Waals surface area contributed by atoms with Gasteiger partial charge in [0.1, 0.15) is 5.75 Å².